The van der Waals surface area contributed by atoms with Crippen LogP contribution in [-0.4, -0.2) is 7.11 Å². The maximum absolute atomic E-state index is 8.85. The van der Waals surface area contributed by atoms with Gasteiger partial charge in [-0.2, -0.15) is 5.26 Å². The highest BCUT2D eigenvalue weighted by atomic mass is 16.5. The van der Waals surface area contributed by atoms with Crippen LogP contribution in [0.5, 0.6) is 17.2 Å². The van der Waals surface area contributed by atoms with Gasteiger partial charge in [0.05, 0.1) is 18.7 Å². The number of nitrogens with zero attached hydrogens (tertiary/aromatic N) is 1. The van der Waals surface area contributed by atoms with Crippen molar-refractivity contribution < 1.29 is 9.47 Å². The molecule has 0 spiro atoms. The van der Waals surface area contributed by atoms with Crippen LogP contribution in [0.4, 0.5) is 0 Å². The second-order valence-electron chi connectivity index (χ2n) is 3.39. The average Bonchev–Trinajstić information content (AvgIpc) is 2.40. The third-order valence-corrected chi connectivity index (χ3v) is 2.26. The molecule has 0 aromatic heterocycles. The van der Waals surface area contributed by atoms with E-state index in [9.17, 15) is 0 Å². The topological polar surface area (TPSA) is 42.2 Å². The number of para-hydroxylation sites is 1. The van der Waals surface area contributed by atoms with E-state index in [-0.39, 0.29) is 0 Å². The Morgan fingerprint density at radius 2 is 1.76 bits per heavy atom. The standard InChI is InChI=1S/C14H11NO2/c1-16-13-8-7-11(10-15)9-14(13)17-12-5-3-2-4-6-12/h2-9H,1H3. The fourth-order valence-corrected chi connectivity index (χ4v) is 1.44. The van der Waals surface area contributed by atoms with Gasteiger partial charge in [-0.1, -0.05) is 18.2 Å². The van der Waals surface area contributed by atoms with E-state index >= 15 is 0 Å². The van der Waals surface area contributed by atoms with E-state index in [0.717, 1.165) is 0 Å². The number of rotatable bonds is 3. The number of benzene rings is 2. The minimum absolute atomic E-state index is 0.539. The molecule has 3 nitrogen and oxygen atoms in total. The Kier molecular flexibility index (Phi) is 3.27. The first kappa shape index (κ1) is 11.0. The number of nitriles is 1. The molecule has 84 valence electrons. The van der Waals surface area contributed by atoms with E-state index in [0.29, 0.717) is 22.8 Å². The Labute approximate surface area is 99.8 Å². The first-order valence-electron chi connectivity index (χ1n) is 5.14. The summed E-state index contributed by atoms with van der Waals surface area (Å²) in [6, 6.07) is 16.5. The smallest absolute Gasteiger partial charge is 0.170 e. The predicted molar refractivity (Wildman–Crippen MR) is 64.2 cm³/mol. The van der Waals surface area contributed by atoms with Crippen molar-refractivity contribution in [1.29, 1.82) is 5.26 Å². The fraction of sp³-hybridized carbons (Fsp3) is 0.0714. The van der Waals surface area contributed by atoms with Crippen LogP contribution < -0.4 is 9.47 Å². The summed E-state index contributed by atoms with van der Waals surface area (Å²) in [5.41, 5.74) is 0.539. The van der Waals surface area contributed by atoms with Gasteiger partial charge >= 0.3 is 0 Å². The Morgan fingerprint density at radius 3 is 2.41 bits per heavy atom. The third-order valence-electron chi connectivity index (χ3n) is 2.26. The molecule has 0 N–H and O–H groups in total. The van der Waals surface area contributed by atoms with Crippen molar-refractivity contribution in [3.05, 3.63) is 54.1 Å². The number of hydrogen-bond donors (Lipinski definition) is 0. The van der Waals surface area contributed by atoms with Crippen molar-refractivity contribution in [2.24, 2.45) is 0 Å². The molecule has 0 unspecified atom stereocenters. The zero-order chi connectivity index (χ0) is 12.1. The molecule has 0 atom stereocenters. The highest BCUT2D eigenvalue weighted by Crippen LogP contribution is 2.31. The molecule has 0 bridgehead atoms. The largest absolute Gasteiger partial charge is 0.493 e. The normalized spacial score (nSPS) is 9.41. The van der Waals surface area contributed by atoms with Crippen molar-refractivity contribution in [2.45, 2.75) is 0 Å². The van der Waals surface area contributed by atoms with Crippen molar-refractivity contribution in [3.8, 4) is 23.3 Å². The van der Waals surface area contributed by atoms with E-state index in [1.54, 1.807) is 25.3 Å². The summed E-state index contributed by atoms with van der Waals surface area (Å²) in [6.45, 7) is 0. The van der Waals surface area contributed by atoms with Crippen LogP contribution in [0.25, 0.3) is 0 Å². The monoisotopic (exact) mass is 225 g/mol. The highest BCUT2D eigenvalue weighted by molar-refractivity contribution is 5.48. The second kappa shape index (κ2) is 5.04. The zero-order valence-corrected chi connectivity index (χ0v) is 9.38. The molecule has 0 saturated heterocycles. The Hall–Kier alpha value is -2.47. The minimum Gasteiger partial charge on any atom is -0.493 e. The van der Waals surface area contributed by atoms with Gasteiger partial charge in [-0.15, -0.1) is 0 Å². The van der Waals surface area contributed by atoms with Crippen molar-refractivity contribution in [1.82, 2.24) is 0 Å². The maximum Gasteiger partial charge on any atom is 0.170 e. The minimum atomic E-state index is 0.539. The summed E-state index contributed by atoms with van der Waals surface area (Å²) in [5, 5.41) is 8.85. The second-order valence-corrected chi connectivity index (χ2v) is 3.39. The van der Waals surface area contributed by atoms with Gasteiger partial charge in [0.15, 0.2) is 11.5 Å². The quantitative estimate of drug-likeness (QED) is 0.804. The van der Waals surface area contributed by atoms with E-state index < -0.39 is 0 Å². The number of methoxy groups -OCH3 is 1. The molecule has 3 heteroatoms. The third kappa shape index (κ3) is 2.56. The van der Waals surface area contributed by atoms with Gasteiger partial charge in [-0.25, -0.2) is 0 Å². The summed E-state index contributed by atoms with van der Waals surface area (Å²) in [7, 11) is 1.57. The first-order chi connectivity index (χ1) is 8.33. The SMILES string of the molecule is COc1ccc(C#N)cc1Oc1ccccc1. The molecule has 2 aromatic rings. The van der Waals surface area contributed by atoms with Crippen LogP contribution in [0.2, 0.25) is 0 Å². The molecule has 2 aromatic carbocycles. The molecule has 0 heterocycles. The molecule has 0 aliphatic carbocycles. The van der Waals surface area contributed by atoms with Crippen molar-refractivity contribution in [3.63, 3.8) is 0 Å². The first-order valence-corrected chi connectivity index (χ1v) is 5.14. The fourth-order valence-electron chi connectivity index (χ4n) is 1.44. The van der Waals surface area contributed by atoms with Crippen LogP contribution >= 0.6 is 0 Å². The summed E-state index contributed by atoms with van der Waals surface area (Å²) < 4.78 is 10.8. The summed E-state index contributed by atoms with van der Waals surface area (Å²) in [5.74, 6) is 1.85. The van der Waals surface area contributed by atoms with E-state index in [2.05, 4.69) is 6.07 Å². The van der Waals surface area contributed by atoms with Gasteiger partial charge in [0.1, 0.15) is 5.75 Å². The van der Waals surface area contributed by atoms with Gasteiger partial charge in [0.25, 0.3) is 0 Å². The van der Waals surface area contributed by atoms with Gasteiger partial charge in [0.2, 0.25) is 0 Å². The van der Waals surface area contributed by atoms with Crippen LogP contribution in [0.15, 0.2) is 48.5 Å². The lowest BCUT2D eigenvalue weighted by Gasteiger charge is -2.10. The molecule has 0 radical (unpaired) electrons. The molecular weight excluding hydrogens is 214 g/mol. The maximum atomic E-state index is 8.85. The summed E-state index contributed by atoms with van der Waals surface area (Å²) >= 11 is 0. The molecule has 17 heavy (non-hydrogen) atoms. The predicted octanol–water partition coefficient (Wildman–Crippen LogP) is 3.36. The molecular formula is C14H11NO2. The van der Waals surface area contributed by atoms with Crippen LogP contribution in [0.3, 0.4) is 0 Å². The van der Waals surface area contributed by atoms with Crippen molar-refractivity contribution >= 4 is 0 Å². The Balaban J connectivity index is 2.34. The van der Waals surface area contributed by atoms with Gasteiger partial charge in [-0.05, 0) is 24.3 Å². The lowest BCUT2D eigenvalue weighted by molar-refractivity contribution is 0.379. The van der Waals surface area contributed by atoms with Crippen LogP contribution in [-0.2, 0) is 0 Å². The lowest BCUT2D eigenvalue weighted by atomic mass is 10.2. The zero-order valence-electron chi connectivity index (χ0n) is 9.38. The summed E-state index contributed by atoms with van der Waals surface area (Å²) in [6.07, 6.45) is 0. The number of ether oxygens (including phenoxy) is 2. The molecule has 0 fully saturated rings. The van der Waals surface area contributed by atoms with Gasteiger partial charge in [-0.3, -0.25) is 0 Å². The van der Waals surface area contributed by atoms with E-state index in [1.807, 2.05) is 30.3 Å². The van der Waals surface area contributed by atoms with Crippen LogP contribution in [0.1, 0.15) is 5.56 Å². The van der Waals surface area contributed by atoms with Gasteiger partial charge in [0, 0.05) is 6.07 Å². The van der Waals surface area contributed by atoms with Gasteiger partial charge < -0.3 is 9.47 Å². The Bertz CT molecular complexity index is 544. The van der Waals surface area contributed by atoms with E-state index in [4.69, 9.17) is 14.7 Å². The molecule has 0 amide bonds. The molecule has 2 rings (SSSR count). The molecule has 0 aliphatic rings. The van der Waals surface area contributed by atoms with E-state index in [1.165, 1.54) is 0 Å². The van der Waals surface area contributed by atoms with Crippen molar-refractivity contribution in [2.75, 3.05) is 7.11 Å². The number of hydrogen-bond acceptors (Lipinski definition) is 3. The lowest BCUT2D eigenvalue weighted by Crippen LogP contribution is -1.91. The molecule has 0 saturated carbocycles. The average molecular weight is 225 g/mol. The highest BCUT2D eigenvalue weighted by Gasteiger charge is 2.06. The summed E-state index contributed by atoms with van der Waals surface area (Å²) in [4.78, 5) is 0. The van der Waals surface area contributed by atoms with Crippen LogP contribution in [0, 0.1) is 11.3 Å². The molecule has 0 aliphatic heterocycles. The Morgan fingerprint density at radius 1 is 1.00 bits per heavy atom.